The van der Waals surface area contributed by atoms with Crippen molar-refractivity contribution in [1.29, 1.82) is 0 Å². The summed E-state index contributed by atoms with van der Waals surface area (Å²) in [5.74, 6) is 0.704. The molecule has 1 rings (SSSR count). The van der Waals surface area contributed by atoms with E-state index in [1.54, 1.807) is 13.8 Å². The number of hydrogen-bond donors (Lipinski definition) is 2. The number of benzene rings is 1. The second-order valence-electron chi connectivity index (χ2n) is 4.20. The van der Waals surface area contributed by atoms with Crippen molar-refractivity contribution in [3.63, 3.8) is 0 Å². The molecule has 90 valence electrons. The molecule has 3 heteroatoms. The van der Waals surface area contributed by atoms with E-state index in [2.05, 4.69) is 0 Å². The molecule has 0 aromatic heterocycles. The summed E-state index contributed by atoms with van der Waals surface area (Å²) in [5.41, 5.74) is 1.88. The van der Waals surface area contributed by atoms with E-state index in [1.165, 1.54) is 0 Å². The first-order valence-corrected chi connectivity index (χ1v) is 5.60. The molecule has 0 aliphatic heterocycles. The van der Waals surface area contributed by atoms with Gasteiger partial charge in [0.2, 0.25) is 0 Å². The van der Waals surface area contributed by atoms with Crippen molar-refractivity contribution >= 4 is 0 Å². The zero-order chi connectivity index (χ0) is 12.1. The first kappa shape index (κ1) is 13.0. The van der Waals surface area contributed by atoms with Gasteiger partial charge in [0.25, 0.3) is 0 Å². The topological polar surface area (TPSA) is 49.7 Å². The van der Waals surface area contributed by atoms with Gasteiger partial charge in [-0.15, -0.1) is 0 Å². The smallest absolute Gasteiger partial charge is 0.125 e. The minimum atomic E-state index is -0.540. The zero-order valence-electron chi connectivity index (χ0n) is 10.1. The highest BCUT2D eigenvalue weighted by Crippen LogP contribution is 2.26. The van der Waals surface area contributed by atoms with E-state index >= 15 is 0 Å². The molecule has 1 unspecified atom stereocenters. The van der Waals surface area contributed by atoms with Gasteiger partial charge in [-0.3, -0.25) is 0 Å². The molecule has 0 aliphatic rings. The lowest BCUT2D eigenvalue weighted by atomic mass is 10.1. The Morgan fingerprint density at radius 3 is 2.50 bits per heavy atom. The standard InChI is InChI=1S/C13H20O3/c1-9-4-5-12(11(3)15)13(8-9)16-7-6-10(2)14/h4-5,8,10-11,14-15H,6-7H2,1-3H3/t10?,11-/m0/s1. The highest BCUT2D eigenvalue weighted by molar-refractivity contribution is 5.38. The lowest BCUT2D eigenvalue weighted by Gasteiger charge is -2.14. The molecule has 0 radical (unpaired) electrons. The van der Waals surface area contributed by atoms with Crippen LogP contribution in [0.25, 0.3) is 0 Å². The number of aryl methyl sites for hydroxylation is 1. The van der Waals surface area contributed by atoms with Gasteiger partial charge in [0.15, 0.2) is 0 Å². The third kappa shape index (κ3) is 3.83. The summed E-state index contributed by atoms with van der Waals surface area (Å²) in [4.78, 5) is 0. The van der Waals surface area contributed by atoms with Crippen LogP contribution in [0.3, 0.4) is 0 Å². The Hall–Kier alpha value is -1.06. The molecule has 0 fully saturated rings. The number of aliphatic hydroxyl groups excluding tert-OH is 2. The van der Waals surface area contributed by atoms with Gasteiger partial charge in [0.1, 0.15) is 5.75 Å². The molecule has 16 heavy (non-hydrogen) atoms. The van der Waals surface area contributed by atoms with Crippen LogP contribution in [-0.2, 0) is 0 Å². The highest BCUT2D eigenvalue weighted by Gasteiger charge is 2.09. The molecule has 3 nitrogen and oxygen atoms in total. The third-order valence-corrected chi connectivity index (χ3v) is 2.41. The summed E-state index contributed by atoms with van der Waals surface area (Å²) >= 11 is 0. The lowest BCUT2D eigenvalue weighted by molar-refractivity contribution is 0.151. The molecule has 1 aromatic carbocycles. The van der Waals surface area contributed by atoms with Gasteiger partial charge in [-0.2, -0.15) is 0 Å². The van der Waals surface area contributed by atoms with Crippen LogP contribution < -0.4 is 4.74 Å². The van der Waals surface area contributed by atoms with Gasteiger partial charge in [-0.25, -0.2) is 0 Å². The predicted molar refractivity (Wildman–Crippen MR) is 63.6 cm³/mol. The summed E-state index contributed by atoms with van der Waals surface area (Å²) < 4.78 is 5.57. The third-order valence-electron chi connectivity index (χ3n) is 2.41. The molecular formula is C13H20O3. The summed E-state index contributed by atoms with van der Waals surface area (Å²) in [6, 6.07) is 5.73. The van der Waals surface area contributed by atoms with Crippen molar-refractivity contribution < 1.29 is 14.9 Å². The van der Waals surface area contributed by atoms with Crippen LogP contribution in [0.5, 0.6) is 5.75 Å². The molecule has 0 spiro atoms. The average Bonchev–Trinajstić information content (AvgIpc) is 2.16. The number of rotatable bonds is 5. The summed E-state index contributed by atoms with van der Waals surface area (Å²) in [6.07, 6.45) is -0.310. The molecular weight excluding hydrogens is 204 g/mol. The van der Waals surface area contributed by atoms with Crippen molar-refractivity contribution in [1.82, 2.24) is 0 Å². The van der Waals surface area contributed by atoms with Crippen LogP contribution >= 0.6 is 0 Å². The number of hydrogen-bond acceptors (Lipinski definition) is 3. The maximum Gasteiger partial charge on any atom is 0.125 e. The average molecular weight is 224 g/mol. The van der Waals surface area contributed by atoms with Crippen molar-refractivity contribution in [2.75, 3.05) is 6.61 Å². The van der Waals surface area contributed by atoms with Crippen LogP contribution in [0, 0.1) is 6.92 Å². The fourth-order valence-electron chi connectivity index (χ4n) is 1.45. The second kappa shape index (κ2) is 5.87. The maximum absolute atomic E-state index is 9.57. The first-order valence-electron chi connectivity index (χ1n) is 5.60. The zero-order valence-corrected chi connectivity index (χ0v) is 10.1. The Balaban J connectivity index is 2.72. The molecule has 0 saturated heterocycles. The monoisotopic (exact) mass is 224 g/mol. The Kier molecular flexibility index (Phi) is 4.77. The van der Waals surface area contributed by atoms with E-state index in [1.807, 2.05) is 25.1 Å². The Morgan fingerprint density at radius 1 is 1.25 bits per heavy atom. The predicted octanol–water partition coefficient (Wildman–Crippen LogP) is 2.20. The van der Waals surface area contributed by atoms with Crippen molar-refractivity contribution in [2.24, 2.45) is 0 Å². The van der Waals surface area contributed by atoms with Crippen LogP contribution in [-0.4, -0.2) is 22.9 Å². The van der Waals surface area contributed by atoms with Crippen LogP contribution in [0.15, 0.2) is 18.2 Å². The summed E-state index contributed by atoms with van der Waals surface area (Å²) in [7, 11) is 0. The van der Waals surface area contributed by atoms with E-state index in [9.17, 15) is 5.11 Å². The Morgan fingerprint density at radius 2 is 1.94 bits per heavy atom. The highest BCUT2D eigenvalue weighted by atomic mass is 16.5. The van der Waals surface area contributed by atoms with E-state index in [0.29, 0.717) is 18.8 Å². The van der Waals surface area contributed by atoms with Gasteiger partial charge in [0.05, 0.1) is 18.8 Å². The van der Waals surface area contributed by atoms with E-state index in [0.717, 1.165) is 11.1 Å². The molecule has 2 N–H and O–H groups in total. The number of ether oxygens (including phenoxy) is 1. The SMILES string of the molecule is Cc1ccc([C@H](C)O)c(OCCC(C)O)c1. The molecule has 1 aromatic rings. The summed E-state index contributed by atoms with van der Waals surface area (Å²) in [6.45, 7) is 5.88. The second-order valence-corrected chi connectivity index (χ2v) is 4.20. The first-order chi connectivity index (χ1) is 7.50. The fourth-order valence-corrected chi connectivity index (χ4v) is 1.45. The van der Waals surface area contributed by atoms with Crippen molar-refractivity contribution in [2.45, 2.75) is 39.4 Å². The quantitative estimate of drug-likeness (QED) is 0.806. The number of aliphatic hydroxyl groups is 2. The molecule has 0 bridgehead atoms. The molecule has 0 amide bonds. The molecule has 0 saturated carbocycles. The minimum Gasteiger partial charge on any atom is -0.493 e. The van der Waals surface area contributed by atoms with E-state index in [-0.39, 0.29) is 6.10 Å². The van der Waals surface area contributed by atoms with Gasteiger partial charge < -0.3 is 14.9 Å². The Bertz CT molecular complexity index is 332. The molecule has 0 aliphatic carbocycles. The Labute approximate surface area is 96.7 Å². The molecule has 0 heterocycles. The maximum atomic E-state index is 9.57. The summed E-state index contributed by atoms with van der Waals surface area (Å²) in [5, 5.41) is 18.7. The molecule has 2 atom stereocenters. The van der Waals surface area contributed by atoms with Gasteiger partial charge >= 0.3 is 0 Å². The normalized spacial score (nSPS) is 14.6. The fraction of sp³-hybridized carbons (Fsp3) is 0.538. The largest absolute Gasteiger partial charge is 0.493 e. The van der Waals surface area contributed by atoms with Crippen LogP contribution in [0.4, 0.5) is 0 Å². The van der Waals surface area contributed by atoms with Gasteiger partial charge in [0, 0.05) is 12.0 Å². The van der Waals surface area contributed by atoms with Gasteiger partial charge in [-0.1, -0.05) is 12.1 Å². The lowest BCUT2D eigenvalue weighted by Crippen LogP contribution is -2.09. The van der Waals surface area contributed by atoms with E-state index in [4.69, 9.17) is 9.84 Å². The van der Waals surface area contributed by atoms with Gasteiger partial charge in [-0.05, 0) is 32.4 Å². The van der Waals surface area contributed by atoms with Crippen molar-refractivity contribution in [3.05, 3.63) is 29.3 Å². The van der Waals surface area contributed by atoms with E-state index < -0.39 is 6.10 Å². The van der Waals surface area contributed by atoms with Crippen LogP contribution in [0.1, 0.15) is 37.5 Å². The van der Waals surface area contributed by atoms with Crippen LogP contribution in [0.2, 0.25) is 0 Å². The minimum absolute atomic E-state index is 0.361. The van der Waals surface area contributed by atoms with Crippen molar-refractivity contribution in [3.8, 4) is 5.75 Å².